The molecule has 1 aromatic carbocycles. The monoisotopic (exact) mass is 278 g/mol. The molecule has 4 heteroatoms. The van der Waals surface area contributed by atoms with Gasteiger partial charge >= 0.3 is 0 Å². The molecule has 1 aromatic rings. The molecule has 0 saturated heterocycles. The number of nitrogen functional groups attached to an aromatic ring is 1. The van der Waals surface area contributed by atoms with Crippen LogP contribution in [0.1, 0.15) is 39.5 Å². The van der Waals surface area contributed by atoms with E-state index < -0.39 is 5.60 Å². The fourth-order valence-corrected chi connectivity index (χ4v) is 3.03. The Labute approximate surface area is 121 Å². The third-order valence-corrected chi connectivity index (χ3v) is 3.93. The molecule has 1 aliphatic carbocycles. The summed E-state index contributed by atoms with van der Waals surface area (Å²) < 4.78 is 5.48. The van der Waals surface area contributed by atoms with Crippen molar-refractivity contribution < 1.29 is 9.84 Å². The number of nitrogens with two attached hydrogens (primary N) is 1. The third-order valence-electron chi connectivity index (χ3n) is 3.93. The lowest BCUT2D eigenvalue weighted by atomic mass is 9.79. The van der Waals surface area contributed by atoms with Gasteiger partial charge in [0.1, 0.15) is 5.75 Å². The van der Waals surface area contributed by atoms with Crippen LogP contribution >= 0.6 is 0 Å². The molecule has 0 amide bonds. The number of aliphatic hydroxyl groups is 1. The highest BCUT2D eigenvalue weighted by molar-refractivity contribution is 5.59. The Morgan fingerprint density at radius 3 is 2.95 bits per heavy atom. The fraction of sp³-hybridized carbons (Fsp3) is 0.625. The maximum Gasteiger partial charge on any atom is 0.123 e. The third kappa shape index (κ3) is 4.04. The molecule has 2 unspecified atom stereocenters. The van der Waals surface area contributed by atoms with E-state index in [1.54, 1.807) is 0 Å². The molecular formula is C16H26N2O2. The number of hydrogen-bond donors (Lipinski definition) is 3. The molecule has 0 aromatic heterocycles. The van der Waals surface area contributed by atoms with Crippen LogP contribution in [-0.2, 0) is 0 Å². The highest BCUT2D eigenvalue weighted by atomic mass is 16.5. The Morgan fingerprint density at radius 1 is 1.45 bits per heavy atom. The first-order valence-electron chi connectivity index (χ1n) is 7.50. The molecule has 4 nitrogen and oxygen atoms in total. The van der Waals surface area contributed by atoms with Crippen molar-refractivity contribution in [3.05, 3.63) is 18.2 Å². The molecule has 0 heterocycles. The van der Waals surface area contributed by atoms with Crippen molar-refractivity contribution in [1.29, 1.82) is 0 Å². The van der Waals surface area contributed by atoms with Gasteiger partial charge in [0.05, 0.1) is 12.2 Å². The summed E-state index contributed by atoms with van der Waals surface area (Å²) in [5.41, 5.74) is 6.84. The lowest BCUT2D eigenvalue weighted by Gasteiger charge is -2.36. The van der Waals surface area contributed by atoms with E-state index in [9.17, 15) is 5.11 Å². The number of nitrogens with one attached hydrogen (secondary N) is 1. The van der Waals surface area contributed by atoms with E-state index in [1.807, 2.05) is 25.1 Å². The lowest BCUT2D eigenvalue weighted by Crippen LogP contribution is -2.41. The van der Waals surface area contributed by atoms with Gasteiger partial charge in [0.25, 0.3) is 0 Å². The molecule has 112 valence electrons. The van der Waals surface area contributed by atoms with Gasteiger partial charge in [-0.05, 0) is 31.7 Å². The molecule has 1 fully saturated rings. The minimum absolute atomic E-state index is 0.562. The summed E-state index contributed by atoms with van der Waals surface area (Å²) in [6.45, 7) is 5.33. The maximum absolute atomic E-state index is 10.6. The van der Waals surface area contributed by atoms with Gasteiger partial charge < -0.3 is 20.9 Å². The maximum atomic E-state index is 10.6. The number of anilines is 2. The SMILES string of the molecule is CCOc1cc(N)cc(NCC2(O)CCCC(C)C2)c1. The van der Waals surface area contributed by atoms with Crippen molar-refractivity contribution in [1.82, 2.24) is 0 Å². The van der Waals surface area contributed by atoms with Crippen LogP contribution in [-0.4, -0.2) is 23.9 Å². The van der Waals surface area contributed by atoms with Crippen molar-refractivity contribution in [2.75, 3.05) is 24.2 Å². The first-order chi connectivity index (χ1) is 9.50. The van der Waals surface area contributed by atoms with Crippen molar-refractivity contribution in [3.63, 3.8) is 0 Å². The molecule has 20 heavy (non-hydrogen) atoms. The number of ether oxygens (including phenoxy) is 1. The van der Waals surface area contributed by atoms with Gasteiger partial charge in [-0.1, -0.05) is 19.8 Å². The first kappa shape index (κ1) is 15.0. The van der Waals surface area contributed by atoms with Crippen LogP contribution in [0, 0.1) is 5.92 Å². The average Bonchev–Trinajstić information content (AvgIpc) is 2.36. The quantitative estimate of drug-likeness (QED) is 0.724. The molecule has 0 bridgehead atoms. The van der Waals surface area contributed by atoms with Crippen LogP contribution < -0.4 is 15.8 Å². The van der Waals surface area contributed by atoms with Crippen LogP contribution in [0.3, 0.4) is 0 Å². The Morgan fingerprint density at radius 2 is 2.25 bits per heavy atom. The molecule has 0 spiro atoms. The van der Waals surface area contributed by atoms with Gasteiger partial charge in [-0.2, -0.15) is 0 Å². The lowest BCUT2D eigenvalue weighted by molar-refractivity contribution is -0.000766. The Kier molecular flexibility index (Phi) is 4.76. The van der Waals surface area contributed by atoms with Crippen LogP contribution in [0.25, 0.3) is 0 Å². The second-order valence-electron chi connectivity index (χ2n) is 6.00. The molecule has 1 saturated carbocycles. The fourth-order valence-electron chi connectivity index (χ4n) is 3.03. The van der Waals surface area contributed by atoms with E-state index in [1.165, 1.54) is 6.42 Å². The molecule has 0 aliphatic heterocycles. The second kappa shape index (κ2) is 6.35. The molecule has 1 aliphatic rings. The smallest absolute Gasteiger partial charge is 0.123 e. The predicted octanol–water partition coefficient (Wildman–Crippen LogP) is 3.02. The minimum atomic E-state index is -0.603. The molecular weight excluding hydrogens is 252 g/mol. The van der Waals surface area contributed by atoms with E-state index in [4.69, 9.17) is 10.5 Å². The molecule has 2 rings (SSSR count). The Hall–Kier alpha value is -1.42. The summed E-state index contributed by atoms with van der Waals surface area (Å²) >= 11 is 0. The first-order valence-corrected chi connectivity index (χ1v) is 7.50. The van der Waals surface area contributed by atoms with Crippen LogP contribution in [0.4, 0.5) is 11.4 Å². The zero-order chi connectivity index (χ0) is 14.6. The van der Waals surface area contributed by atoms with Gasteiger partial charge in [0.2, 0.25) is 0 Å². The highest BCUT2D eigenvalue weighted by Crippen LogP contribution is 2.32. The van der Waals surface area contributed by atoms with Crippen molar-refractivity contribution in [2.45, 2.75) is 45.1 Å². The predicted molar refractivity (Wildman–Crippen MR) is 83.1 cm³/mol. The second-order valence-corrected chi connectivity index (χ2v) is 6.00. The van der Waals surface area contributed by atoms with Crippen LogP contribution in [0.2, 0.25) is 0 Å². The summed E-state index contributed by atoms with van der Waals surface area (Å²) in [5, 5.41) is 13.9. The summed E-state index contributed by atoms with van der Waals surface area (Å²) in [6, 6.07) is 5.61. The Bertz CT molecular complexity index is 450. The summed E-state index contributed by atoms with van der Waals surface area (Å²) in [4.78, 5) is 0. The zero-order valence-corrected chi connectivity index (χ0v) is 12.5. The largest absolute Gasteiger partial charge is 0.494 e. The van der Waals surface area contributed by atoms with E-state index in [0.29, 0.717) is 24.8 Å². The van der Waals surface area contributed by atoms with Crippen molar-refractivity contribution in [2.24, 2.45) is 5.92 Å². The van der Waals surface area contributed by atoms with Gasteiger partial charge in [-0.15, -0.1) is 0 Å². The molecule has 4 N–H and O–H groups in total. The van der Waals surface area contributed by atoms with Gasteiger partial charge in [-0.25, -0.2) is 0 Å². The number of rotatable bonds is 5. The normalized spacial score (nSPS) is 26.2. The van der Waals surface area contributed by atoms with Crippen molar-refractivity contribution >= 4 is 11.4 Å². The summed E-state index contributed by atoms with van der Waals surface area (Å²) in [6.07, 6.45) is 4.04. The number of hydrogen-bond acceptors (Lipinski definition) is 4. The number of benzene rings is 1. The van der Waals surface area contributed by atoms with E-state index in [2.05, 4.69) is 12.2 Å². The van der Waals surface area contributed by atoms with Crippen molar-refractivity contribution in [3.8, 4) is 5.75 Å². The zero-order valence-electron chi connectivity index (χ0n) is 12.5. The summed E-state index contributed by atoms with van der Waals surface area (Å²) in [5.74, 6) is 1.36. The Balaban J connectivity index is 1.99. The van der Waals surface area contributed by atoms with Gasteiger partial charge in [0.15, 0.2) is 0 Å². The van der Waals surface area contributed by atoms with E-state index in [-0.39, 0.29) is 0 Å². The standard InChI is InChI=1S/C16H26N2O2/c1-3-20-15-8-13(17)7-14(9-15)18-11-16(19)6-4-5-12(2)10-16/h7-9,12,18-19H,3-6,10-11,17H2,1-2H3. The van der Waals surface area contributed by atoms with Crippen LogP contribution in [0.15, 0.2) is 18.2 Å². The highest BCUT2D eigenvalue weighted by Gasteiger charge is 2.32. The summed E-state index contributed by atoms with van der Waals surface area (Å²) in [7, 11) is 0. The van der Waals surface area contributed by atoms with Gasteiger partial charge in [-0.3, -0.25) is 0 Å². The topological polar surface area (TPSA) is 67.5 Å². The minimum Gasteiger partial charge on any atom is -0.494 e. The molecule has 0 radical (unpaired) electrons. The molecule has 2 atom stereocenters. The van der Waals surface area contributed by atoms with Gasteiger partial charge in [0, 0.05) is 30.1 Å². The van der Waals surface area contributed by atoms with Crippen LogP contribution in [0.5, 0.6) is 5.75 Å². The average molecular weight is 278 g/mol. The van der Waals surface area contributed by atoms with E-state index in [0.717, 1.165) is 30.7 Å². The van der Waals surface area contributed by atoms with E-state index >= 15 is 0 Å².